The first kappa shape index (κ1) is 22.4. The predicted molar refractivity (Wildman–Crippen MR) is 114 cm³/mol. The lowest BCUT2D eigenvalue weighted by Crippen LogP contribution is -2.21. The number of hydrogen-bond donors (Lipinski definition) is 2. The summed E-state index contributed by atoms with van der Waals surface area (Å²) >= 11 is 5.96. The topological polar surface area (TPSA) is 73.1 Å². The van der Waals surface area contributed by atoms with Crippen LogP contribution in [0.5, 0.6) is 0 Å². The molecule has 2 aromatic carbocycles. The van der Waals surface area contributed by atoms with Gasteiger partial charge in [-0.2, -0.15) is 13.2 Å². The zero-order valence-corrected chi connectivity index (χ0v) is 17.6. The van der Waals surface area contributed by atoms with Crippen molar-refractivity contribution in [3.05, 3.63) is 58.4 Å². The number of nitrogen functional groups attached to an aromatic ring is 1. The van der Waals surface area contributed by atoms with E-state index in [4.69, 9.17) is 23.1 Å². The van der Waals surface area contributed by atoms with Crippen LogP contribution in [0.2, 0.25) is 5.02 Å². The quantitative estimate of drug-likeness (QED) is 0.532. The van der Waals surface area contributed by atoms with E-state index in [9.17, 15) is 13.2 Å². The molecule has 0 aliphatic rings. The molecule has 1 atom stereocenters. The molecule has 3 rings (SSSR count). The second kappa shape index (κ2) is 8.83. The van der Waals surface area contributed by atoms with E-state index in [1.54, 1.807) is 0 Å². The first-order chi connectivity index (χ1) is 14.1. The zero-order chi connectivity index (χ0) is 22.1. The molecule has 5 nitrogen and oxygen atoms in total. The zero-order valence-electron chi connectivity index (χ0n) is 16.9. The molecule has 0 radical (unpaired) electrons. The van der Waals surface area contributed by atoms with E-state index in [2.05, 4.69) is 9.88 Å². The van der Waals surface area contributed by atoms with Crippen LogP contribution in [0.3, 0.4) is 0 Å². The van der Waals surface area contributed by atoms with Gasteiger partial charge in [-0.05, 0) is 63.3 Å². The molecule has 0 fully saturated rings. The van der Waals surface area contributed by atoms with Crippen LogP contribution >= 0.6 is 11.6 Å². The first-order valence-electron chi connectivity index (χ1n) is 9.58. The third kappa shape index (κ3) is 4.88. The number of nitrogens with two attached hydrogens (primary N) is 2. The summed E-state index contributed by atoms with van der Waals surface area (Å²) in [6.07, 6.45) is -3.55. The van der Waals surface area contributed by atoms with E-state index >= 15 is 0 Å². The minimum Gasteiger partial charge on any atom is -0.397 e. The molecule has 0 aliphatic heterocycles. The lowest BCUT2D eigenvalue weighted by molar-refractivity contribution is -0.136. The van der Waals surface area contributed by atoms with Crippen molar-refractivity contribution in [3.63, 3.8) is 0 Å². The van der Waals surface area contributed by atoms with Crippen LogP contribution in [0.4, 0.5) is 18.9 Å². The second-order valence-electron chi connectivity index (χ2n) is 7.61. The molecule has 0 saturated carbocycles. The number of para-hydroxylation sites is 2. The van der Waals surface area contributed by atoms with Crippen LogP contribution in [-0.2, 0) is 19.1 Å². The maximum atomic E-state index is 13.3. The Kier molecular flexibility index (Phi) is 6.59. The lowest BCUT2D eigenvalue weighted by atomic mass is 10.0. The third-order valence-electron chi connectivity index (χ3n) is 4.95. The van der Waals surface area contributed by atoms with Gasteiger partial charge in [-0.15, -0.1) is 0 Å². The van der Waals surface area contributed by atoms with E-state index in [1.165, 1.54) is 6.07 Å². The number of nitrogens with zero attached hydrogens (tertiary/aromatic N) is 3. The van der Waals surface area contributed by atoms with E-state index < -0.39 is 23.5 Å². The molecule has 30 heavy (non-hydrogen) atoms. The van der Waals surface area contributed by atoms with E-state index in [1.807, 2.05) is 42.9 Å². The Labute approximate surface area is 178 Å². The fourth-order valence-corrected chi connectivity index (χ4v) is 3.77. The lowest BCUT2D eigenvalue weighted by Gasteiger charge is -2.18. The maximum Gasteiger partial charge on any atom is 0.418 e. The van der Waals surface area contributed by atoms with Gasteiger partial charge in [-0.3, -0.25) is 0 Å². The summed E-state index contributed by atoms with van der Waals surface area (Å²) in [6, 6.07) is 9.54. The highest BCUT2D eigenvalue weighted by Gasteiger charge is 2.34. The van der Waals surface area contributed by atoms with Gasteiger partial charge in [0.05, 0.1) is 33.3 Å². The van der Waals surface area contributed by atoms with Gasteiger partial charge < -0.3 is 20.9 Å². The number of aromatic nitrogens is 2. The van der Waals surface area contributed by atoms with Gasteiger partial charge in [-0.25, -0.2) is 4.98 Å². The Morgan fingerprint density at radius 2 is 1.90 bits per heavy atom. The smallest absolute Gasteiger partial charge is 0.397 e. The predicted octanol–water partition coefficient (Wildman–Crippen LogP) is 4.48. The summed E-state index contributed by atoms with van der Waals surface area (Å²) in [4.78, 5) is 6.75. The highest BCUT2D eigenvalue weighted by molar-refractivity contribution is 6.33. The van der Waals surface area contributed by atoms with Crippen molar-refractivity contribution in [2.75, 3.05) is 26.4 Å². The second-order valence-corrected chi connectivity index (χ2v) is 8.02. The summed E-state index contributed by atoms with van der Waals surface area (Å²) in [7, 11) is 4.00. The molecule has 4 N–H and O–H groups in total. The average Bonchev–Trinajstić information content (AvgIpc) is 3.02. The van der Waals surface area contributed by atoms with Crippen LogP contribution in [0.25, 0.3) is 11.0 Å². The fourth-order valence-electron chi connectivity index (χ4n) is 3.53. The molecule has 162 valence electrons. The standard InChI is InChI=1S/C21H25ClF3N5/c1-29(2)8-5-9-30-18-7-4-3-6-17(18)28-20(30)16(26)12-13-10-14(21(23,24)25)19(27)15(22)11-13/h3-4,6-7,10-11,16H,5,8-9,12,26-27H2,1-2H3. The summed E-state index contributed by atoms with van der Waals surface area (Å²) < 4.78 is 41.9. The molecule has 1 unspecified atom stereocenters. The van der Waals surface area contributed by atoms with Crippen molar-refractivity contribution in [1.82, 2.24) is 14.5 Å². The third-order valence-corrected chi connectivity index (χ3v) is 5.27. The van der Waals surface area contributed by atoms with E-state index in [0.29, 0.717) is 17.9 Å². The number of benzene rings is 2. The summed E-state index contributed by atoms with van der Waals surface area (Å²) in [5.41, 5.74) is 12.6. The van der Waals surface area contributed by atoms with Crippen molar-refractivity contribution in [1.29, 1.82) is 0 Å². The molecule has 0 saturated heterocycles. The van der Waals surface area contributed by atoms with Crippen LogP contribution in [0, 0.1) is 0 Å². The van der Waals surface area contributed by atoms with Gasteiger partial charge in [0.15, 0.2) is 0 Å². The molecule has 1 heterocycles. The van der Waals surface area contributed by atoms with Crippen molar-refractivity contribution in [2.24, 2.45) is 5.73 Å². The molecular weight excluding hydrogens is 415 g/mol. The molecule has 0 spiro atoms. The number of rotatable bonds is 7. The number of fused-ring (bicyclic) bond motifs is 1. The fraction of sp³-hybridized carbons (Fsp3) is 0.381. The van der Waals surface area contributed by atoms with Crippen molar-refractivity contribution in [2.45, 2.75) is 31.6 Å². The van der Waals surface area contributed by atoms with Crippen LogP contribution < -0.4 is 11.5 Å². The van der Waals surface area contributed by atoms with Crippen LogP contribution in [0.15, 0.2) is 36.4 Å². The maximum absolute atomic E-state index is 13.3. The Hall–Kier alpha value is -2.29. The van der Waals surface area contributed by atoms with Gasteiger partial charge >= 0.3 is 6.18 Å². The van der Waals surface area contributed by atoms with Crippen molar-refractivity contribution in [3.8, 4) is 0 Å². The Bertz CT molecular complexity index is 1030. The number of anilines is 1. The normalized spacial score (nSPS) is 13.3. The highest BCUT2D eigenvalue weighted by Crippen LogP contribution is 2.38. The Balaban J connectivity index is 1.93. The van der Waals surface area contributed by atoms with E-state index in [-0.39, 0.29) is 11.4 Å². The molecule has 3 aromatic rings. The molecule has 9 heteroatoms. The number of alkyl halides is 3. The number of aryl methyl sites for hydroxylation is 1. The van der Waals surface area contributed by atoms with Gasteiger partial charge in [0.1, 0.15) is 5.82 Å². The van der Waals surface area contributed by atoms with Gasteiger partial charge in [0, 0.05) is 6.54 Å². The number of halogens is 4. The largest absolute Gasteiger partial charge is 0.418 e. The van der Waals surface area contributed by atoms with Crippen LogP contribution in [0.1, 0.15) is 29.4 Å². The summed E-state index contributed by atoms with van der Waals surface area (Å²) in [5.74, 6) is 0.636. The van der Waals surface area contributed by atoms with Gasteiger partial charge in [0.25, 0.3) is 0 Å². The van der Waals surface area contributed by atoms with Gasteiger partial charge in [-0.1, -0.05) is 23.7 Å². The molecular formula is C21H25ClF3N5. The minimum atomic E-state index is -4.59. The Morgan fingerprint density at radius 3 is 2.57 bits per heavy atom. The van der Waals surface area contributed by atoms with Crippen molar-refractivity contribution >= 4 is 28.3 Å². The van der Waals surface area contributed by atoms with E-state index in [0.717, 1.165) is 30.1 Å². The summed E-state index contributed by atoms with van der Waals surface area (Å²) in [6.45, 7) is 1.60. The number of imidazole rings is 1. The molecule has 0 amide bonds. The van der Waals surface area contributed by atoms with Crippen molar-refractivity contribution < 1.29 is 13.2 Å². The first-order valence-corrected chi connectivity index (χ1v) is 9.96. The molecule has 0 bridgehead atoms. The average molecular weight is 440 g/mol. The highest BCUT2D eigenvalue weighted by atomic mass is 35.5. The monoisotopic (exact) mass is 439 g/mol. The number of hydrogen-bond acceptors (Lipinski definition) is 4. The SMILES string of the molecule is CN(C)CCCn1c(C(N)Cc2cc(Cl)c(N)c(C(F)(F)F)c2)nc2ccccc21. The molecule has 1 aromatic heterocycles. The minimum absolute atomic E-state index is 0.133. The molecule has 0 aliphatic carbocycles. The summed E-state index contributed by atoms with van der Waals surface area (Å²) in [5, 5.41) is -0.133. The van der Waals surface area contributed by atoms with Gasteiger partial charge in [0.2, 0.25) is 0 Å². The Morgan fingerprint density at radius 1 is 1.20 bits per heavy atom. The van der Waals surface area contributed by atoms with Crippen LogP contribution in [-0.4, -0.2) is 35.1 Å².